The number of anilines is 2. The molecule has 1 aliphatic carbocycles. The predicted octanol–water partition coefficient (Wildman–Crippen LogP) is 1.40. The Morgan fingerprint density at radius 1 is 1.44 bits per heavy atom. The second-order valence-corrected chi connectivity index (χ2v) is 4.75. The van der Waals surface area contributed by atoms with Crippen molar-refractivity contribution in [2.45, 2.75) is 25.7 Å². The van der Waals surface area contributed by atoms with Crippen molar-refractivity contribution in [1.29, 1.82) is 0 Å². The number of ether oxygens (including phenoxy) is 1. The summed E-state index contributed by atoms with van der Waals surface area (Å²) in [6, 6.07) is 0. The first kappa shape index (κ1) is 12.9. The van der Waals surface area contributed by atoms with Gasteiger partial charge in [-0.15, -0.1) is 0 Å². The second kappa shape index (κ2) is 5.86. The van der Waals surface area contributed by atoms with E-state index in [1.165, 1.54) is 32.0 Å². The quantitative estimate of drug-likeness (QED) is 0.608. The molecule has 0 aromatic carbocycles. The summed E-state index contributed by atoms with van der Waals surface area (Å²) in [5.41, 5.74) is 2.53. The van der Waals surface area contributed by atoms with E-state index in [1.54, 1.807) is 7.11 Å². The predicted molar refractivity (Wildman–Crippen MR) is 71.6 cm³/mol. The molecule has 0 aliphatic heterocycles. The molecule has 2 rings (SSSR count). The fourth-order valence-electron chi connectivity index (χ4n) is 2.59. The average Bonchev–Trinajstić information content (AvgIpc) is 2.90. The third-order valence-corrected chi connectivity index (χ3v) is 3.49. The molecule has 3 N–H and O–H groups in total. The Hall–Kier alpha value is -1.56. The first-order chi connectivity index (χ1) is 8.76. The Kier molecular flexibility index (Phi) is 4.19. The van der Waals surface area contributed by atoms with Gasteiger partial charge < -0.3 is 15.1 Å². The van der Waals surface area contributed by atoms with Gasteiger partial charge in [0.1, 0.15) is 6.33 Å². The van der Waals surface area contributed by atoms with E-state index in [-0.39, 0.29) is 0 Å². The SMILES string of the molecule is COc1c(NN)ncnc1N(C)CC1CCCC1. The molecule has 0 bridgehead atoms. The Labute approximate surface area is 108 Å². The van der Waals surface area contributed by atoms with Crippen LogP contribution in [0.5, 0.6) is 5.75 Å². The summed E-state index contributed by atoms with van der Waals surface area (Å²) >= 11 is 0. The maximum atomic E-state index is 5.42. The van der Waals surface area contributed by atoms with E-state index in [1.807, 2.05) is 7.05 Å². The van der Waals surface area contributed by atoms with Gasteiger partial charge in [0.25, 0.3) is 0 Å². The summed E-state index contributed by atoms with van der Waals surface area (Å²) in [5.74, 6) is 8.07. The third-order valence-electron chi connectivity index (χ3n) is 3.49. The third kappa shape index (κ3) is 2.64. The Balaban J connectivity index is 2.15. The number of nitrogens with one attached hydrogen (secondary N) is 1. The first-order valence-corrected chi connectivity index (χ1v) is 6.33. The molecule has 1 aliphatic rings. The molecule has 100 valence electrons. The number of rotatable bonds is 5. The molecule has 6 nitrogen and oxygen atoms in total. The van der Waals surface area contributed by atoms with E-state index in [0.29, 0.717) is 11.6 Å². The van der Waals surface area contributed by atoms with Crippen LogP contribution in [-0.2, 0) is 0 Å². The van der Waals surface area contributed by atoms with Crippen molar-refractivity contribution in [3.63, 3.8) is 0 Å². The standard InChI is InChI=1S/C12H21N5O/c1-17(7-9-5-3-4-6-9)12-10(18-2)11(16-13)14-8-15-12/h8-9H,3-7,13H2,1-2H3,(H,14,15,16). The summed E-state index contributed by atoms with van der Waals surface area (Å²) in [5, 5.41) is 0. The van der Waals surface area contributed by atoms with Crippen LogP contribution in [0.2, 0.25) is 0 Å². The Bertz CT molecular complexity index is 392. The monoisotopic (exact) mass is 251 g/mol. The van der Waals surface area contributed by atoms with Crippen LogP contribution in [0.25, 0.3) is 0 Å². The van der Waals surface area contributed by atoms with E-state index < -0.39 is 0 Å². The van der Waals surface area contributed by atoms with Crippen LogP contribution in [0.15, 0.2) is 6.33 Å². The lowest BCUT2D eigenvalue weighted by molar-refractivity contribution is 0.411. The van der Waals surface area contributed by atoms with Crippen LogP contribution < -0.4 is 20.9 Å². The van der Waals surface area contributed by atoms with Gasteiger partial charge in [-0.2, -0.15) is 0 Å². The molecule has 0 radical (unpaired) electrons. The van der Waals surface area contributed by atoms with Crippen molar-refractivity contribution < 1.29 is 4.74 Å². The van der Waals surface area contributed by atoms with Gasteiger partial charge in [0.2, 0.25) is 5.75 Å². The van der Waals surface area contributed by atoms with E-state index in [4.69, 9.17) is 10.6 Å². The highest BCUT2D eigenvalue weighted by molar-refractivity contribution is 5.64. The summed E-state index contributed by atoms with van der Waals surface area (Å²) in [4.78, 5) is 10.5. The van der Waals surface area contributed by atoms with Crippen LogP contribution in [0, 0.1) is 5.92 Å². The van der Waals surface area contributed by atoms with Gasteiger partial charge >= 0.3 is 0 Å². The zero-order valence-electron chi connectivity index (χ0n) is 11.0. The van der Waals surface area contributed by atoms with Crippen LogP contribution in [0.4, 0.5) is 11.6 Å². The number of aromatic nitrogens is 2. The highest BCUT2D eigenvalue weighted by Crippen LogP contribution is 2.33. The fourth-order valence-corrected chi connectivity index (χ4v) is 2.59. The number of nitrogen functional groups attached to an aromatic ring is 1. The first-order valence-electron chi connectivity index (χ1n) is 6.33. The summed E-state index contributed by atoms with van der Waals surface area (Å²) in [6.45, 7) is 0.997. The molecule has 0 unspecified atom stereocenters. The van der Waals surface area contributed by atoms with Crippen LogP contribution >= 0.6 is 0 Å². The van der Waals surface area contributed by atoms with Gasteiger partial charge in [-0.3, -0.25) is 0 Å². The summed E-state index contributed by atoms with van der Waals surface area (Å²) in [7, 11) is 3.63. The summed E-state index contributed by atoms with van der Waals surface area (Å²) in [6.07, 6.45) is 6.79. The minimum Gasteiger partial charge on any atom is -0.490 e. The van der Waals surface area contributed by atoms with Gasteiger partial charge in [-0.1, -0.05) is 12.8 Å². The molecule has 1 saturated carbocycles. The summed E-state index contributed by atoms with van der Waals surface area (Å²) < 4.78 is 5.34. The van der Waals surface area contributed by atoms with Crippen LogP contribution in [-0.4, -0.2) is 30.7 Å². The minimum absolute atomic E-state index is 0.515. The lowest BCUT2D eigenvalue weighted by atomic mass is 10.1. The zero-order chi connectivity index (χ0) is 13.0. The maximum absolute atomic E-state index is 5.42. The number of nitrogens with two attached hydrogens (primary N) is 1. The molecule has 1 fully saturated rings. The van der Waals surface area contributed by atoms with E-state index in [0.717, 1.165) is 18.3 Å². The Morgan fingerprint density at radius 3 is 2.78 bits per heavy atom. The molecule has 6 heteroatoms. The van der Waals surface area contributed by atoms with E-state index in [9.17, 15) is 0 Å². The average molecular weight is 251 g/mol. The van der Waals surface area contributed by atoms with Gasteiger partial charge in [-0.25, -0.2) is 15.8 Å². The van der Waals surface area contributed by atoms with Crippen LogP contribution in [0.1, 0.15) is 25.7 Å². The lowest BCUT2D eigenvalue weighted by Gasteiger charge is -2.24. The van der Waals surface area contributed by atoms with Crippen molar-refractivity contribution in [3.8, 4) is 5.75 Å². The van der Waals surface area contributed by atoms with E-state index >= 15 is 0 Å². The van der Waals surface area contributed by atoms with Crippen molar-refractivity contribution in [2.24, 2.45) is 11.8 Å². The van der Waals surface area contributed by atoms with Gasteiger partial charge in [0.15, 0.2) is 11.6 Å². The van der Waals surface area contributed by atoms with E-state index in [2.05, 4.69) is 20.3 Å². The fraction of sp³-hybridized carbons (Fsp3) is 0.667. The van der Waals surface area contributed by atoms with Crippen molar-refractivity contribution >= 4 is 11.6 Å². The number of methoxy groups -OCH3 is 1. The number of hydrogen-bond donors (Lipinski definition) is 2. The van der Waals surface area contributed by atoms with Gasteiger partial charge in [-0.05, 0) is 18.8 Å². The molecule has 1 heterocycles. The largest absolute Gasteiger partial charge is 0.490 e. The highest BCUT2D eigenvalue weighted by atomic mass is 16.5. The van der Waals surface area contributed by atoms with Crippen molar-refractivity contribution in [1.82, 2.24) is 9.97 Å². The highest BCUT2D eigenvalue weighted by Gasteiger charge is 2.20. The normalized spacial score (nSPS) is 15.7. The van der Waals surface area contributed by atoms with Gasteiger partial charge in [0.05, 0.1) is 7.11 Å². The lowest BCUT2D eigenvalue weighted by Crippen LogP contribution is -2.26. The molecule has 0 amide bonds. The molecule has 0 spiro atoms. The maximum Gasteiger partial charge on any atom is 0.205 e. The molecule has 1 aromatic rings. The van der Waals surface area contributed by atoms with Gasteiger partial charge in [0, 0.05) is 13.6 Å². The molecule has 1 aromatic heterocycles. The molecule has 0 saturated heterocycles. The number of nitrogens with zero attached hydrogens (tertiary/aromatic N) is 3. The number of hydrogen-bond acceptors (Lipinski definition) is 6. The molecular weight excluding hydrogens is 230 g/mol. The molecular formula is C12H21N5O. The topological polar surface area (TPSA) is 76.3 Å². The molecule has 18 heavy (non-hydrogen) atoms. The number of hydrazine groups is 1. The zero-order valence-corrected chi connectivity index (χ0v) is 11.0. The van der Waals surface area contributed by atoms with Crippen molar-refractivity contribution in [2.75, 3.05) is 31.0 Å². The Morgan fingerprint density at radius 2 is 2.17 bits per heavy atom. The smallest absolute Gasteiger partial charge is 0.205 e. The molecule has 0 atom stereocenters. The van der Waals surface area contributed by atoms with Crippen LogP contribution in [0.3, 0.4) is 0 Å². The second-order valence-electron chi connectivity index (χ2n) is 4.75. The minimum atomic E-state index is 0.515. The van der Waals surface area contributed by atoms with Crippen molar-refractivity contribution in [3.05, 3.63) is 6.33 Å².